The zero-order chi connectivity index (χ0) is 13.1. The van der Waals surface area contributed by atoms with Gasteiger partial charge in [0, 0.05) is 5.33 Å². The summed E-state index contributed by atoms with van der Waals surface area (Å²) in [5.74, 6) is -0.364. The zero-order valence-corrected chi connectivity index (χ0v) is 12.3. The Balaban J connectivity index is 2.25. The second kappa shape index (κ2) is 5.80. The van der Waals surface area contributed by atoms with Gasteiger partial charge in [-0.1, -0.05) is 22.0 Å². The van der Waals surface area contributed by atoms with Gasteiger partial charge >= 0.3 is 0 Å². The molecular formula is C13H8Br2F2O. The van der Waals surface area contributed by atoms with Gasteiger partial charge in [0.1, 0.15) is 11.6 Å². The molecule has 0 aromatic heterocycles. The first-order valence-corrected chi connectivity index (χ1v) is 6.99. The van der Waals surface area contributed by atoms with E-state index in [4.69, 9.17) is 4.74 Å². The first kappa shape index (κ1) is 13.5. The van der Waals surface area contributed by atoms with Gasteiger partial charge < -0.3 is 4.74 Å². The van der Waals surface area contributed by atoms with Crippen LogP contribution in [0.15, 0.2) is 40.9 Å². The number of alkyl halides is 1. The van der Waals surface area contributed by atoms with E-state index in [1.807, 2.05) is 0 Å². The standard InChI is InChI=1S/C13H8Br2F2O/c14-7-8-1-4-13(12(17)5-8)18-9-2-3-11(16)10(15)6-9/h1-6H,7H2. The molecule has 0 heterocycles. The molecule has 0 fully saturated rings. The van der Waals surface area contributed by atoms with Crippen molar-refractivity contribution in [3.63, 3.8) is 0 Å². The third kappa shape index (κ3) is 3.09. The van der Waals surface area contributed by atoms with Crippen LogP contribution in [0.1, 0.15) is 5.56 Å². The summed E-state index contributed by atoms with van der Waals surface area (Å²) in [6.45, 7) is 0. The largest absolute Gasteiger partial charge is 0.454 e. The molecule has 0 atom stereocenters. The maximum Gasteiger partial charge on any atom is 0.166 e. The smallest absolute Gasteiger partial charge is 0.166 e. The van der Waals surface area contributed by atoms with Crippen molar-refractivity contribution in [2.24, 2.45) is 0 Å². The number of benzene rings is 2. The van der Waals surface area contributed by atoms with Crippen molar-refractivity contribution in [3.05, 3.63) is 58.1 Å². The summed E-state index contributed by atoms with van der Waals surface area (Å²) in [4.78, 5) is 0. The maximum absolute atomic E-state index is 13.7. The fraction of sp³-hybridized carbons (Fsp3) is 0.0769. The lowest BCUT2D eigenvalue weighted by Crippen LogP contribution is -1.90. The number of hydrogen-bond donors (Lipinski definition) is 0. The monoisotopic (exact) mass is 376 g/mol. The lowest BCUT2D eigenvalue weighted by atomic mass is 10.2. The van der Waals surface area contributed by atoms with Gasteiger partial charge in [0.2, 0.25) is 0 Å². The molecule has 18 heavy (non-hydrogen) atoms. The normalized spacial score (nSPS) is 10.4. The maximum atomic E-state index is 13.7. The van der Waals surface area contributed by atoms with Crippen molar-refractivity contribution in [2.45, 2.75) is 5.33 Å². The van der Waals surface area contributed by atoms with Crippen LogP contribution in [0.3, 0.4) is 0 Å². The topological polar surface area (TPSA) is 9.23 Å². The summed E-state index contributed by atoms with van der Waals surface area (Å²) < 4.78 is 32.3. The minimum Gasteiger partial charge on any atom is -0.454 e. The molecule has 0 aliphatic heterocycles. The predicted octanol–water partition coefficient (Wildman–Crippen LogP) is 5.41. The first-order chi connectivity index (χ1) is 8.60. The van der Waals surface area contributed by atoms with E-state index < -0.39 is 11.6 Å². The van der Waals surface area contributed by atoms with E-state index in [0.29, 0.717) is 11.1 Å². The van der Waals surface area contributed by atoms with Crippen LogP contribution in [0, 0.1) is 11.6 Å². The second-order valence-electron chi connectivity index (χ2n) is 3.58. The molecule has 0 saturated heterocycles. The average Bonchev–Trinajstić information content (AvgIpc) is 2.36. The molecule has 2 rings (SSSR count). The van der Waals surface area contributed by atoms with Gasteiger partial charge in [-0.15, -0.1) is 0 Å². The van der Waals surface area contributed by atoms with Crippen LogP contribution in [0.25, 0.3) is 0 Å². The summed E-state index contributed by atoms with van der Waals surface area (Å²) in [7, 11) is 0. The molecule has 0 saturated carbocycles. The quantitative estimate of drug-likeness (QED) is 0.649. The van der Waals surface area contributed by atoms with E-state index in [1.165, 1.54) is 24.3 Å². The summed E-state index contributed by atoms with van der Waals surface area (Å²) >= 11 is 6.29. The van der Waals surface area contributed by atoms with Gasteiger partial charge in [0.25, 0.3) is 0 Å². The third-order valence-corrected chi connectivity index (χ3v) is 3.52. The van der Waals surface area contributed by atoms with Crippen molar-refractivity contribution in [1.82, 2.24) is 0 Å². The Morgan fingerprint density at radius 2 is 1.78 bits per heavy atom. The van der Waals surface area contributed by atoms with Crippen LogP contribution in [0.4, 0.5) is 8.78 Å². The number of hydrogen-bond acceptors (Lipinski definition) is 1. The Hall–Kier alpha value is -0.940. The summed E-state index contributed by atoms with van der Waals surface area (Å²) in [5, 5.41) is 0.576. The van der Waals surface area contributed by atoms with E-state index in [0.717, 1.165) is 5.56 Å². The van der Waals surface area contributed by atoms with Gasteiger partial charge in [-0.25, -0.2) is 8.78 Å². The highest BCUT2D eigenvalue weighted by molar-refractivity contribution is 9.10. The van der Waals surface area contributed by atoms with Crippen LogP contribution in [0.5, 0.6) is 11.5 Å². The fourth-order valence-electron chi connectivity index (χ4n) is 1.38. The minimum atomic E-state index is -0.451. The van der Waals surface area contributed by atoms with Crippen molar-refractivity contribution < 1.29 is 13.5 Å². The molecule has 0 amide bonds. The van der Waals surface area contributed by atoms with Crippen molar-refractivity contribution in [1.29, 1.82) is 0 Å². The van der Waals surface area contributed by atoms with E-state index in [-0.39, 0.29) is 10.2 Å². The van der Waals surface area contributed by atoms with Crippen LogP contribution in [-0.2, 0) is 5.33 Å². The molecule has 0 bridgehead atoms. The fourth-order valence-corrected chi connectivity index (χ4v) is 2.08. The van der Waals surface area contributed by atoms with E-state index in [1.54, 1.807) is 12.1 Å². The summed E-state index contributed by atoms with van der Waals surface area (Å²) in [5.41, 5.74) is 0.820. The Kier molecular flexibility index (Phi) is 4.35. The molecule has 0 aliphatic rings. The average molecular weight is 378 g/mol. The Labute approximate surface area is 120 Å². The minimum absolute atomic E-state index is 0.109. The van der Waals surface area contributed by atoms with Gasteiger partial charge in [0.15, 0.2) is 11.6 Å². The lowest BCUT2D eigenvalue weighted by molar-refractivity contribution is 0.440. The van der Waals surface area contributed by atoms with E-state index >= 15 is 0 Å². The van der Waals surface area contributed by atoms with E-state index in [2.05, 4.69) is 31.9 Å². The lowest BCUT2D eigenvalue weighted by Gasteiger charge is -2.08. The van der Waals surface area contributed by atoms with Crippen LogP contribution in [-0.4, -0.2) is 0 Å². The molecule has 0 unspecified atom stereocenters. The molecule has 2 aromatic carbocycles. The Morgan fingerprint density at radius 1 is 1.00 bits per heavy atom. The number of ether oxygens (including phenoxy) is 1. The highest BCUT2D eigenvalue weighted by atomic mass is 79.9. The van der Waals surface area contributed by atoms with Crippen LogP contribution >= 0.6 is 31.9 Å². The summed E-state index contributed by atoms with van der Waals surface area (Å²) in [6, 6.07) is 8.84. The van der Waals surface area contributed by atoms with Crippen molar-refractivity contribution >= 4 is 31.9 Å². The molecule has 94 valence electrons. The molecule has 5 heteroatoms. The molecule has 0 spiro atoms. The molecular weight excluding hydrogens is 370 g/mol. The molecule has 0 radical (unpaired) electrons. The predicted molar refractivity (Wildman–Crippen MR) is 73.2 cm³/mol. The summed E-state index contributed by atoms with van der Waals surface area (Å²) in [6.07, 6.45) is 0. The molecule has 0 N–H and O–H groups in total. The molecule has 2 aromatic rings. The zero-order valence-electron chi connectivity index (χ0n) is 9.09. The van der Waals surface area contributed by atoms with Gasteiger partial charge in [0.05, 0.1) is 4.47 Å². The highest BCUT2D eigenvalue weighted by Gasteiger charge is 2.07. The van der Waals surface area contributed by atoms with Gasteiger partial charge in [-0.2, -0.15) is 0 Å². The van der Waals surface area contributed by atoms with Crippen LogP contribution in [0.2, 0.25) is 0 Å². The highest BCUT2D eigenvalue weighted by Crippen LogP contribution is 2.28. The Bertz CT molecular complexity index is 573. The van der Waals surface area contributed by atoms with Crippen molar-refractivity contribution in [2.75, 3.05) is 0 Å². The SMILES string of the molecule is Fc1ccc(Oc2ccc(CBr)cc2F)cc1Br. The van der Waals surface area contributed by atoms with Gasteiger partial charge in [-0.05, 0) is 51.8 Å². The number of halogens is 4. The molecule has 1 nitrogen and oxygen atoms in total. The third-order valence-electron chi connectivity index (χ3n) is 2.27. The molecule has 0 aliphatic carbocycles. The van der Waals surface area contributed by atoms with Crippen LogP contribution < -0.4 is 4.74 Å². The van der Waals surface area contributed by atoms with Gasteiger partial charge in [-0.3, -0.25) is 0 Å². The van der Waals surface area contributed by atoms with Crippen molar-refractivity contribution in [3.8, 4) is 11.5 Å². The second-order valence-corrected chi connectivity index (χ2v) is 4.99. The number of rotatable bonds is 3. The Morgan fingerprint density at radius 3 is 2.39 bits per heavy atom. The van der Waals surface area contributed by atoms with E-state index in [9.17, 15) is 8.78 Å². The first-order valence-electron chi connectivity index (χ1n) is 5.07.